The van der Waals surface area contributed by atoms with Crippen molar-refractivity contribution in [2.45, 2.75) is 40.7 Å². The first-order valence-electron chi connectivity index (χ1n) is 10.5. The molecule has 0 atom stereocenters. The van der Waals surface area contributed by atoms with Gasteiger partial charge in [-0.3, -0.25) is 4.79 Å². The van der Waals surface area contributed by atoms with E-state index in [4.69, 9.17) is 14.2 Å². The highest BCUT2D eigenvalue weighted by Gasteiger charge is 2.18. The SMILES string of the molecule is CCCn1c(=NC(=O)c2cc(OCC)c(OCC)c(OCC)c2)sc2cc(F)ccc21. The highest BCUT2D eigenvalue weighted by Crippen LogP contribution is 2.39. The number of thiazole rings is 1. The van der Waals surface area contributed by atoms with Crippen molar-refractivity contribution in [3.8, 4) is 17.2 Å². The van der Waals surface area contributed by atoms with Crippen LogP contribution in [0, 0.1) is 5.82 Å². The lowest BCUT2D eigenvalue weighted by molar-refractivity contribution is 0.0996. The lowest BCUT2D eigenvalue weighted by atomic mass is 10.1. The first kappa shape index (κ1) is 22.8. The number of hydrogen-bond donors (Lipinski definition) is 0. The van der Waals surface area contributed by atoms with Crippen LogP contribution >= 0.6 is 11.3 Å². The van der Waals surface area contributed by atoms with E-state index in [1.807, 2.05) is 32.3 Å². The van der Waals surface area contributed by atoms with E-state index in [-0.39, 0.29) is 5.82 Å². The van der Waals surface area contributed by atoms with Gasteiger partial charge in [0.25, 0.3) is 5.91 Å². The van der Waals surface area contributed by atoms with Gasteiger partial charge < -0.3 is 18.8 Å². The van der Waals surface area contributed by atoms with Gasteiger partial charge in [-0.2, -0.15) is 4.99 Å². The van der Waals surface area contributed by atoms with Crippen LogP contribution in [0.2, 0.25) is 0 Å². The van der Waals surface area contributed by atoms with Gasteiger partial charge in [0.1, 0.15) is 5.82 Å². The third kappa shape index (κ3) is 5.07. The number of nitrogens with zero attached hydrogens (tertiary/aromatic N) is 2. The summed E-state index contributed by atoms with van der Waals surface area (Å²) in [4.78, 5) is 18.0. The average molecular weight is 447 g/mol. The summed E-state index contributed by atoms with van der Waals surface area (Å²) in [5, 5.41) is 0. The number of benzene rings is 2. The van der Waals surface area contributed by atoms with Crippen molar-refractivity contribution in [2.75, 3.05) is 19.8 Å². The number of hydrogen-bond acceptors (Lipinski definition) is 5. The molecule has 0 radical (unpaired) electrons. The fourth-order valence-electron chi connectivity index (χ4n) is 3.24. The van der Waals surface area contributed by atoms with E-state index < -0.39 is 5.91 Å². The number of rotatable bonds is 9. The summed E-state index contributed by atoms with van der Waals surface area (Å²) in [5.41, 5.74) is 1.19. The van der Waals surface area contributed by atoms with Crippen molar-refractivity contribution in [2.24, 2.45) is 4.99 Å². The molecule has 1 heterocycles. The molecule has 0 aliphatic rings. The van der Waals surface area contributed by atoms with Crippen molar-refractivity contribution < 1.29 is 23.4 Å². The second-order valence-corrected chi connectivity index (χ2v) is 7.68. The van der Waals surface area contributed by atoms with Crippen LogP contribution in [0.4, 0.5) is 4.39 Å². The van der Waals surface area contributed by atoms with Crippen LogP contribution in [-0.4, -0.2) is 30.3 Å². The summed E-state index contributed by atoms with van der Waals surface area (Å²) in [6.45, 7) is 9.58. The Morgan fingerprint density at radius 3 is 2.23 bits per heavy atom. The molecule has 166 valence electrons. The van der Waals surface area contributed by atoms with Gasteiger partial charge in [-0.05, 0) is 57.5 Å². The van der Waals surface area contributed by atoms with Crippen molar-refractivity contribution in [1.82, 2.24) is 4.57 Å². The third-order valence-electron chi connectivity index (χ3n) is 4.45. The number of ether oxygens (including phenoxy) is 3. The topological polar surface area (TPSA) is 62.1 Å². The maximum Gasteiger partial charge on any atom is 0.279 e. The molecule has 0 N–H and O–H groups in total. The molecular weight excluding hydrogens is 419 g/mol. The summed E-state index contributed by atoms with van der Waals surface area (Å²) in [5.74, 6) is 0.606. The second-order valence-electron chi connectivity index (χ2n) is 6.67. The minimum Gasteiger partial charge on any atom is -0.490 e. The lowest BCUT2D eigenvalue weighted by Gasteiger charge is -2.16. The molecule has 1 aromatic heterocycles. The Hall–Kier alpha value is -2.87. The second kappa shape index (κ2) is 10.4. The van der Waals surface area contributed by atoms with E-state index in [1.165, 1.54) is 23.5 Å². The molecule has 0 saturated carbocycles. The standard InChI is InChI=1S/C23H27FN2O4S/c1-5-11-26-17-10-9-16(24)14-20(17)31-23(26)25-22(27)15-12-18(28-6-2)21(30-8-4)19(13-15)29-7-3/h9-10,12-14H,5-8,11H2,1-4H3. The Kier molecular flexibility index (Phi) is 7.68. The summed E-state index contributed by atoms with van der Waals surface area (Å²) in [7, 11) is 0. The van der Waals surface area contributed by atoms with Gasteiger partial charge >= 0.3 is 0 Å². The predicted octanol–water partition coefficient (Wildman–Crippen LogP) is 5.19. The minimum absolute atomic E-state index is 0.315. The number of carbonyl (C=O) groups excluding carboxylic acids is 1. The first-order valence-corrected chi connectivity index (χ1v) is 11.3. The molecule has 6 nitrogen and oxygen atoms in total. The minimum atomic E-state index is -0.429. The molecule has 1 amide bonds. The van der Waals surface area contributed by atoms with Gasteiger partial charge in [0.2, 0.25) is 5.75 Å². The number of aryl methyl sites for hydroxylation is 1. The smallest absolute Gasteiger partial charge is 0.279 e. The highest BCUT2D eigenvalue weighted by molar-refractivity contribution is 7.16. The van der Waals surface area contributed by atoms with Crippen LogP contribution in [0.15, 0.2) is 35.3 Å². The van der Waals surface area contributed by atoms with Crippen LogP contribution in [-0.2, 0) is 6.54 Å². The number of halogens is 1. The van der Waals surface area contributed by atoms with Gasteiger partial charge in [0.15, 0.2) is 16.3 Å². The Bertz CT molecular complexity index is 1110. The summed E-state index contributed by atoms with van der Waals surface area (Å²) < 4.78 is 33.5. The molecule has 0 aliphatic carbocycles. The van der Waals surface area contributed by atoms with E-state index in [0.717, 1.165) is 16.6 Å². The van der Waals surface area contributed by atoms with Gasteiger partial charge in [0.05, 0.1) is 30.0 Å². The van der Waals surface area contributed by atoms with E-state index in [1.54, 1.807) is 18.2 Å². The molecule has 2 aromatic carbocycles. The Morgan fingerprint density at radius 1 is 1.00 bits per heavy atom. The average Bonchev–Trinajstić information content (AvgIpc) is 3.06. The van der Waals surface area contributed by atoms with Gasteiger partial charge in [-0.1, -0.05) is 18.3 Å². The first-order chi connectivity index (χ1) is 15.0. The largest absolute Gasteiger partial charge is 0.490 e. The Labute approximate surface area is 184 Å². The van der Waals surface area contributed by atoms with Crippen molar-refractivity contribution in [1.29, 1.82) is 0 Å². The van der Waals surface area contributed by atoms with Crippen molar-refractivity contribution >= 4 is 27.5 Å². The fraction of sp³-hybridized carbons (Fsp3) is 0.391. The van der Waals surface area contributed by atoms with Crippen LogP contribution in [0.25, 0.3) is 10.2 Å². The maximum absolute atomic E-state index is 13.7. The third-order valence-corrected chi connectivity index (χ3v) is 5.49. The lowest BCUT2D eigenvalue weighted by Crippen LogP contribution is -2.17. The maximum atomic E-state index is 13.7. The van der Waals surface area contributed by atoms with E-state index in [0.29, 0.717) is 54.0 Å². The van der Waals surface area contributed by atoms with E-state index in [2.05, 4.69) is 4.99 Å². The Morgan fingerprint density at radius 2 is 1.65 bits per heavy atom. The predicted molar refractivity (Wildman–Crippen MR) is 120 cm³/mol. The molecule has 0 fully saturated rings. The zero-order valence-corrected chi connectivity index (χ0v) is 19.1. The monoisotopic (exact) mass is 446 g/mol. The number of carbonyl (C=O) groups is 1. The zero-order chi connectivity index (χ0) is 22.4. The van der Waals surface area contributed by atoms with Gasteiger partial charge in [0, 0.05) is 12.1 Å². The van der Waals surface area contributed by atoms with Crippen molar-refractivity contribution in [3.05, 3.63) is 46.5 Å². The van der Waals surface area contributed by atoms with E-state index in [9.17, 15) is 9.18 Å². The molecule has 0 bridgehead atoms. The zero-order valence-electron chi connectivity index (χ0n) is 18.2. The fourth-order valence-corrected chi connectivity index (χ4v) is 4.32. The molecular formula is C23H27FN2O4S. The summed E-state index contributed by atoms with van der Waals surface area (Å²) in [6, 6.07) is 7.85. The normalized spacial score (nSPS) is 11.7. The molecule has 0 saturated heterocycles. The summed E-state index contributed by atoms with van der Waals surface area (Å²) >= 11 is 1.29. The molecule has 0 aliphatic heterocycles. The number of aromatic nitrogens is 1. The van der Waals surface area contributed by atoms with Crippen LogP contribution in [0.3, 0.4) is 0 Å². The molecule has 31 heavy (non-hydrogen) atoms. The number of amides is 1. The van der Waals surface area contributed by atoms with Crippen molar-refractivity contribution in [3.63, 3.8) is 0 Å². The summed E-state index contributed by atoms with van der Waals surface area (Å²) in [6.07, 6.45) is 0.858. The van der Waals surface area contributed by atoms with Crippen LogP contribution in [0.5, 0.6) is 17.2 Å². The highest BCUT2D eigenvalue weighted by atomic mass is 32.1. The van der Waals surface area contributed by atoms with Gasteiger partial charge in [-0.25, -0.2) is 4.39 Å². The van der Waals surface area contributed by atoms with Gasteiger partial charge in [-0.15, -0.1) is 0 Å². The quantitative estimate of drug-likeness (QED) is 0.454. The molecule has 0 unspecified atom stereocenters. The van der Waals surface area contributed by atoms with Crippen LogP contribution in [0.1, 0.15) is 44.5 Å². The number of fused-ring (bicyclic) bond motifs is 1. The molecule has 3 aromatic rings. The van der Waals surface area contributed by atoms with E-state index >= 15 is 0 Å². The van der Waals surface area contributed by atoms with Crippen LogP contribution < -0.4 is 19.0 Å². The molecule has 0 spiro atoms. The molecule has 3 rings (SSSR count). The Balaban J connectivity index is 2.12. The molecule has 8 heteroatoms.